The lowest BCUT2D eigenvalue weighted by molar-refractivity contribution is 0.123. The van der Waals surface area contributed by atoms with E-state index in [1.165, 1.54) is 24.2 Å². The van der Waals surface area contributed by atoms with Crippen LogP contribution in [-0.2, 0) is 11.3 Å². The van der Waals surface area contributed by atoms with Crippen molar-refractivity contribution in [3.8, 4) is 0 Å². The molecule has 94 valence electrons. The van der Waals surface area contributed by atoms with Crippen molar-refractivity contribution in [2.24, 2.45) is 0 Å². The molecular weight excluding hydrogens is 230 g/mol. The SMILES string of the molecule is c1ccc(COCCNCC2CCCS2)cc1. The van der Waals surface area contributed by atoms with Crippen molar-refractivity contribution < 1.29 is 4.74 Å². The van der Waals surface area contributed by atoms with Crippen molar-refractivity contribution in [1.29, 1.82) is 0 Å². The van der Waals surface area contributed by atoms with Crippen LogP contribution in [0, 0.1) is 0 Å². The lowest BCUT2D eigenvalue weighted by Crippen LogP contribution is -2.26. The fourth-order valence-electron chi connectivity index (χ4n) is 1.98. The molecule has 1 atom stereocenters. The van der Waals surface area contributed by atoms with Gasteiger partial charge in [-0.3, -0.25) is 0 Å². The second kappa shape index (κ2) is 7.75. The Morgan fingerprint density at radius 1 is 1.29 bits per heavy atom. The summed E-state index contributed by atoms with van der Waals surface area (Å²) in [7, 11) is 0. The smallest absolute Gasteiger partial charge is 0.0717 e. The Balaban J connectivity index is 1.46. The summed E-state index contributed by atoms with van der Waals surface area (Å²) in [6.45, 7) is 3.62. The molecule has 0 saturated carbocycles. The van der Waals surface area contributed by atoms with Gasteiger partial charge in [0, 0.05) is 18.3 Å². The van der Waals surface area contributed by atoms with Crippen molar-refractivity contribution in [3.63, 3.8) is 0 Å². The average molecular weight is 251 g/mol. The Labute approximate surface area is 108 Å². The van der Waals surface area contributed by atoms with Crippen molar-refractivity contribution in [1.82, 2.24) is 5.32 Å². The normalized spacial score (nSPS) is 19.6. The first kappa shape index (κ1) is 12.9. The number of thioether (sulfide) groups is 1. The van der Waals surface area contributed by atoms with Gasteiger partial charge in [-0.25, -0.2) is 0 Å². The molecule has 2 rings (SSSR count). The number of benzene rings is 1. The largest absolute Gasteiger partial charge is 0.375 e. The zero-order valence-corrected chi connectivity index (χ0v) is 11.0. The monoisotopic (exact) mass is 251 g/mol. The van der Waals surface area contributed by atoms with Gasteiger partial charge in [-0.1, -0.05) is 30.3 Å². The number of nitrogens with one attached hydrogen (secondary N) is 1. The standard InChI is InChI=1S/C14H21NOS/c1-2-5-13(6-3-1)12-16-9-8-15-11-14-7-4-10-17-14/h1-3,5-6,14-15H,4,7-12H2. The fraction of sp³-hybridized carbons (Fsp3) is 0.571. The van der Waals surface area contributed by atoms with Crippen LogP contribution in [0.25, 0.3) is 0 Å². The lowest BCUT2D eigenvalue weighted by atomic mass is 10.2. The van der Waals surface area contributed by atoms with Crippen molar-refractivity contribution >= 4 is 11.8 Å². The minimum Gasteiger partial charge on any atom is -0.375 e. The third-order valence-electron chi connectivity index (χ3n) is 2.93. The Morgan fingerprint density at radius 2 is 2.18 bits per heavy atom. The highest BCUT2D eigenvalue weighted by atomic mass is 32.2. The van der Waals surface area contributed by atoms with E-state index in [0.29, 0.717) is 0 Å². The zero-order valence-electron chi connectivity index (χ0n) is 10.2. The van der Waals surface area contributed by atoms with Crippen LogP contribution in [0.4, 0.5) is 0 Å². The lowest BCUT2D eigenvalue weighted by Gasteiger charge is -2.10. The van der Waals surface area contributed by atoms with Crippen LogP contribution in [-0.4, -0.2) is 30.7 Å². The summed E-state index contributed by atoms with van der Waals surface area (Å²) in [5.74, 6) is 1.34. The molecule has 1 aromatic rings. The number of hydrogen-bond donors (Lipinski definition) is 1. The Kier molecular flexibility index (Phi) is 5.89. The summed E-state index contributed by atoms with van der Waals surface area (Å²) >= 11 is 2.10. The molecule has 1 aromatic carbocycles. The summed E-state index contributed by atoms with van der Waals surface area (Å²) < 4.78 is 5.62. The van der Waals surface area contributed by atoms with Crippen LogP contribution in [0.5, 0.6) is 0 Å². The first-order valence-electron chi connectivity index (χ1n) is 6.39. The molecular formula is C14H21NOS. The van der Waals surface area contributed by atoms with Gasteiger partial charge in [-0.05, 0) is 24.2 Å². The molecule has 1 heterocycles. The Bertz CT molecular complexity index is 298. The molecule has 0 aliphatic carbocycles. The maximum atomic E-state index is 5.62. The molecule has 3 heteroatoms. The first-order chi connectivity index (χ1) is 8.45. The van der Waals surface area contributed by atoms with E-state index in [0.717, 1.165) is 31.6 Å². The average Bonchev–Trinajstić information content (AvgIpc) is 2.88. The van der Waals surface area contributed by atoms with Gasteiger partial charge in [0.2, 0.25) is 0 Å². The third kappa shape index (κ3) is 5.11. The summed E-state index contributed by atoms with van der Waals surface area (Å²) in [6.07, 6.45) is 2.77. The van der Waals surface area contributed by atoms with E-state index in [4.69, 9.17) is 4.74 Å². The number of rotatable bonds is 7. The van der Waals surface area contributed by atoms with Crippen LogP contribution >= 0.6 is 11.8 Å². The maximum Gasteiger partial charge on any atom is 0.0717 e. The molecule has 2 nitrogen and oxygen atoms in total. The van der Waals surface area contributed by atoms with E-state index in [9.17, 15) is 0 Å². The highest BCUT2D eigenvalue weighted by Gasteiger charge is 2.14. The molecule has 0 bridgehead atoms. The van der Waals surface area contributed by atoms with E-state index in [1.54, 1.807) is 0 Å². The molecule has 0 amide bonds. The van der Waals surface area contributed by atoms with Crippen LogP contribution in [0.1, 0.15) is 18.4 Å². The second-order valence-electron chi connectivity index (χ2n) is 4.38. The summed E-state index contributed by atoms with van der Waals surface area (Å²) in [6, 6.07) is 10.3. The number of ether oxygens (including phenoxy) is 1. The van der Waals surface area contributed by atoms with Gasteiger partial charge < -0.3 is 10.1 Å². The first-order valence-corrected chi connectivity index (χ1v) is 7.44. The predicted molar refractivity (Wildman–Crippen MR) is 74.4 cm³/mol. The van der Waals surface area contributed by atoms with Crippen molar-refractivity contribution in [2.45, 2.75) is 24.7 Å². The van der Waals surface area contributed by atoms with Gasteiger partial charge in [-0.15, -0.1) is 0 Å². The summed E-state index contributed by atoms with van der Waals surface area (Å²) in [4.78, 5) is 0. The third-order valence-corrected chi connectivity index (χ3v) is 4.33. The van der Waals surface area contributed by atoms with E-state index in [2.05, 4.69) is 29.2 Å². The Hall–Kier alpha value is -0.510. The van der Waals surface area contributed by atoms with Crippen LogP contribution in [0.3, 0.4) is 0 Å². The van der Waals surface area contributed by atoms with Crippen molar-refractivity contribution in [2.75, 3.05) is 25.4 Å². The topological polar surface area (TPSA) is 21.3 Å². The van der Waals surface area contributed by atoms with Gasteiger partial charge in [-0.2, -0.15) is 11.8 Å². The van der Waals surface area contributed by atoms with E-state index < -0.39 is 0 Å². The number of hydrogen-bond acceptors (Lipinski definition) is 3. The van der Waals surface area contributed by atoms with E-state index in [1.807, 2.05) is 18.2 Å². The molecule has 0 radical (unpaired) electrons. The molecule has 1 aliphatic rings. The Morgan fingerprint density at radius 3 is 2.94 bits per heavy atom. The molecule has 1 N–H and O–H groups in total. The van der Waals surface area contributed by atoms with E-state index >= 15 is 0 Å². The second-order valence-corrected chi connectivity index (χ2v) is 5.79. The van der Waals surface area contributed by atoms with Gasteiger partial charge in [0.05, 0.1) is 13.2 Å². The van der Waals surface area contributed by atoms with Gasteiger partial charge in [0.1, 0.15) is 0 Å². The van der Waals surface area contributed by atoms with Crippen LogP contribution < -0.4 is 5.32 Å². The van der Waals surface area contributed by atoms with Crippen LogP contribution in [0.2, 0.25) is 0 Å². The highest BCUT2D eigenvalue weighted by molar-refractivity contribution is 8.00. The van der Waals surface area contributed by atoms with Crippen molar-refractivity contribution in [3.05, 3.63) is 35.9 Å². The summed E-state index contributed by atoms with van der Waals surface area (Å²) in [5, 5.41) is 4.30. The highest BCUT2D eigenvalue weighted by Crippen LogP contribution is 2.24. The van der Waals surface area contributed by atoms with Gasteiger partial charge >= 0.3 is 0 Å². The fourth-order valence-corrected chi connectivity index (χ4v) is 3.21. The van der Waals surface area contributed by atoms with Gasteiger partial charge in [0.15, 0.2) is 0 Å². The molecule has 0 spiro atoms. The zero-order chi connectivity index (χ0) is 11.8. The van der Waals surface area contributed by atoms with Gasteiger partial charge in [0.25, 0.3) is 0 Å². The minimum atomic E-state index is 0.723. The molecule has 1 saturated heterocycles. The van der Waals surface area contributed by atoms with E-state index in [-0.39, 0.29) is 0 Å². The van der Waals surface area contributed by atoms with Crippen LogP contribution in [0.15, 0.2) is 30.3 Å². The molecule has 1 fully saturated rings. The molecule has 17 heavy (non-hydrogen) atoms. The quantitative estimate of drug-likeness (QED) is 0.753. The summed E-state index contributed by atoms with van der Waals surface area (Å²) in [5.41, 5.74) is 1.25. The molecule has 1 unspecified atom stereocenters. The molecule has 0 aromatic heterocycles. The predicted octanol–water partition coefficient (Wildman–Crippen LogP) is 2.69. The molecule has 1 aliphatic heterocycles. The minimum absolute atomic E-state index is 0.723. The maximum absolute atomic E-state index is 5.62.